The maximum atomic E-state index is 13.1. The van der Waals surface area contributed by atoms with E-state index in [0.29, 0.717) is 18.5 Å². The molecule has 5 nitrogen and oxygen atoms in total. The summed E-state index contributed by atoms with van der Waals surface area (Å²) in [7, 11) is 1.61. The molecule has 0 saturated heterocycles. The Kier molecular flexibility index (Phi) is 5.31. The number of methoxy groups -OCH3 is 1. The van der Waals surface area contributed by atoms with Crippen molar-refractivity contribution < 1.29 is 13.9 Å². The maximum absolute atomic E-state index is 13.1. The quantitative estimate of drug-likeness (QED) is 0.738. The van der Waals surface area contributed by atoms with E-state index in [-0.39, 0.29) is 11.7 Å². The van der Waals surface area contributed by atoms with E-state index in [4.69, 9.17) is 4.74 Å². The van der Waals surface area contributed by atoms with Gasteiger partial charge >= 0.3 is 0 Å². The molecular weight excluding hydrogens is 333 g/mol. The van der Waals surface area contributed by atoms with Gasteiger partial charge in [-0.25, -0.2) is 9.07 Å². The van der Waals surface area contributed by atoms with Crippen LogP contribution in [0.5, 0.6) is 5.75 Å². The van der Waals surface area contributed by atoms with Crippen LogP contribution >= 0.6 is 0 Å². The summed E-state index contributed by atoms with van der Waals surface area (Å²) in [5.41, 5.74) is 2.95. The van der Waals surface area contributed by atoms with E-state index in [1.54, 1.807) is 30.1 Å². The van der Waals surface area contributed by atoms with Crippen molar-refractivity contribution in [2.75, 3.05) is 7.11 Å². The van der Waals surface area contributed by atoms with Crippen LogP contribution in [0.4, 0.5) is 4.39 Å². The van der Waals surface area contributed by atoms with Crippen LogP contribution in [0.15, 0.2) is 54.7 Å². The first-order valence-electron chi connectivity index (χ1n) is 8.36. The molecule has 0 aliphatic rings. The van der Waals surface area contributed by atoms with Crippen molar-refractivity contribution in [3.63, 3.8) is 0 Å². The van der Waals surface area contributed by atoms with E-state index < -0.39 is 0 Å². The lowest BCUT2D eigenvalue weighted by molar-refractivity contribution is 0.0950. The van der Waals surface area contributed by atoms with Crippen LogP contribution in [0.1, 0.15) is 28.5 Å². The largest absolute Gasteiger partial charge is 0.497 e. The van der Waals surface area contributed by atoms with Crippen LogP contribution in [0.25, 0.3) is 5.69 Å². The third-order valence-corrected chi connectivity index (χ3v) is 4.11. The van der Waals surface area contributed by atoms with E-state index in [1.165, 1.54) is 12.1 Å². The molecule has 0 fully saturated rings. The van der Waals surface area contributed by atoms with Gasteiger partial charge in [0.05, 0.1) is 30.3 Å². The fourth-order valence-corrected chi connectivity index (χ4v) is 2.77. The van der Waals surface area contributed by atoms with E-state index >= 15 is 0 Å². The number of nitrogens with one attached hydrogen (secondary N) is 1. The van der Waals surface area contributed by atoms with Crippen LogP contribution in [-0.4, -0.2) is 22.8 Å². The number of nitrogens with zero attached hydrogens (tertiary/aromatic N) is 2. The first-order valence-corrected chi connectivity index (χ1v) is 8.36. The Bertz CT molecular complexity index is 904. The molecule has 2 aromatic carbocycles. The monoisotopic (exact) mass is 353 g/mol. The zero-order valence-corrected chi connectivity index (χ0v) is 14.7. The number of halogens is 1. The van der Waals surface area contributed by atoms with Gasteiger partial charge in [-0.1, -0.05) is 19.1 Å². The van der Waals surface area contributed by atoms with Gasteiger partial charge in [-0.15, -0.1) is 0 Å². The zero-order chi connectivity index (χ0) is 18.5. The lowest BCUT2D eigenvalue weighted by Gasteiger charge is -2.09. The maximum Gasteiger partial charge on any atom is 0.255 e. The van der Waals surface area contributed by atoms with Crippen LogP contribution in [-0.2, 0) is 13.0 Å². The lowest BCUT2D eigenvalue weighted by Crippen LogP contribution is -2.23. The molecule has 0 aliphatic carbocycles. The molecular formula is C20H20FN3O2. The van der Waals surface area contributed by atoms with Crippen LogP contribution in [0.2, 0.25) is 0 Å². The number of aromatic nitrogens is 2. The Balaban J connectivity index is 1.78. The topological polar surface area (TPSA) is 56.1 Å². The minimum absolute atomic E-state index is 0.196. The third kappa shape index (κ3) is 3.74. The van der Waals surface area contributed by atoms with Gasteiger partial charge < -0.3 is 10.1 Å². The fraction of sp³-hybridized carbons (Fsp3) is 0.200. The summed E-state index contributed by atoms with van der Waals surface area (Å²) in [6.07, 6.45) is 2.17. The molecule has 26 heavy (non-hydrogen) atoms. The van der Waals surface area contributed by atoms with Gasteiger partial charge in [0, 0.05) is 6.54 Å². The lowest BCUT2D eigenvalue weighted by atomic mass is 10.1. The highest BCUT2D eigenvalue weighted by Gasteiger charge is 2.17. The summed E-state index contributed by atoms with van der Waals surface area (Å²) < 4.78 is 20.0. The second-order valence-corrected chi connectivity index (χ2v) is 5.78. The highest BCUT2D eigenvalue weighted by atomic mass is 19.1. The molecule has 1 amide bonds. The molecule has 0 aliphatic heterocycles. The normalized spacial score (nSPS) is 10.6. The number of carbonyl (C=O) groups excluding carboxylic acids is 1. The SMILES string of the molecule is CCc1c(C(=O)NCc2cccc(OC)c2)cnn1-c1ccc(F)cc1. The van der Waals surface area contributed by atoms with Crippen molar-refractivity contribution in [1.29, 1.82) is 0 Å². The summed E-state index contributed by atoms with van der Waals surface area (Å²) in [6, 6.07) is 13.6. The summed E-state index contributed by atoms with van der Waals surface area (Å²) >= 11 is 0. The first kappa shape index (κ1) is 17.7. The Labute approximate surface area is 151 Å². The van der Waals surface area contributed by atoms with Crippen LogP contribution in [0, 0.1) is 5.82 Å². The minimum Gasteiger partial charge on any atom is -0.497 e. The first-order chi connectivity index (χ1) is 12.6. The van der Waals surface area contributed by atoms with Crippen molar-refractivity contribution in [2.24, 2.45) is 0 Å². The summed E-state index contributed by atoms with van der Waals surface area (Å²) in [4.78, 5) is 12.6. The zero-order valence-electron chi connectivity index (χ0n) is 14.7. The number of rotatable bonds is 6. The average Bonchev–Trinajstić information content (AvgIpc) is 3.11. The van der Waals surface area contributed by atoms with E-state index in [0.717, 1.165) is 22.7 Å². The van der Waals surface area contributed by atoms with Crippen molar-refractivity contribution in [3.05, 3.63) is 77.4 Å². The highest BCUT2D eigenvalue weighted by molar-refractivity contribution is 5.95. The van der Waals surface area contributed by atoms with Crippen molar-refractivity contribution in [3.8, 4) is 11.4 Å². The molecule has 1 heterocycles. The average molecular weight is 353 g/mol. The molecule has 1 N–H and O–H groups in total. The van der Waals surface area contributed by atoms with E-state index in [9.17, 15) is 9.18 Å². The van der Waals surface area contributed by atoms with Crippen LogP contribution < -0.4 is 10.1 Å². The molecule has 0 spiro atoms. The van der Waals surface area contributed by atoms with Crippen molar-refractivity contribution in [1.82, 2.24) is 15.1 Å². The smallest absolute Gasteiger partial charge is 0.255 e. The molecule has 0 bridgehead atoms. The Morgan fingerprint density at radius 3 is 2.69 bits per heavy atom. The molecule has 0 unspecified atom stereocenters. The predicted molar refractivity (Wildman–Crippen MR) is 97.1 cm³/mol. The number of benzene rings is 2. The van der Waals surface area contributed by atoms with Crippen molar-refractivity contribution >= 4 is 5.91 Å². The number of hydrogen-bond acceptors (Lipinski definition) is 3. The number of ether oxygens (including phenoxy) is 1. The Hall–Kier alpha value is -3.15. The van der Waals surface area contributed by atoms with Crippen LogP contribution in [0.3, 0.4) is 0 Å². The standard InChI is InChI=1S/C20H20FN3O2/c1-3-19-18(13-23-24(19)16-9-7-15(21)8-10-16)20(25)22-12-14-5-4-6-17(11-14)26-2/h4-11,13H,3,12H2,1-2H3,(H,22,25). The summed E-state index contributed by atoms with van der Waals surface area (Å²) in [6.45, 7) is 2.34. The molecule has 0 saturated carbocycles. The van der Waals surface area contributed by atoms with Gasteiger partial charge in [0.15, 0.2) is 0 Å². The molecule has 134 valence electrons. The van der Waals surface area contributed by atoms with Gasteiger partial charge in [0.25, 0.3) is 5.91 Å². The second kappa shape index (κ2) is 7.82. The van der Waals surface area contributed by atoms with Gasteiger partial charge in [0.2, 0.25) is 0 Å². The minimum atomic E-state index is -0.310. The van der Waals surface area contributed by atoms with E-state index in [1.807, 2.05) is 31.2 Å². The van der Waals surface area contributed by atoms with Gasteiger partial charge in [-0.05, 0) is 48.4 Å². The molecule has 3 rings (SSSR count). The fourth-order valence-electron chi connectivity index (χ4n) is 2.77. The number of carbonyl (C=O) groups is 1. The molecule has 0 radical (unpaired) electrons. The van der Waals surface area contributed by atoms with Gasteiger partial charge in [-0.3, -0.25) is 4.79 Å². The molecule has 0 atom stereocenters. The van der Waals surface area contributed by atoms with E-state index in [2.05, 4.69) is 10.4 Å². The Morgan fingerprint density at radius 2 is 2.00 bits per heavy atom. The molecule has 1 aromatic heterocycles. The highest BCUT2D eigenvalue weighted by Crippen LogP contribution is 2.17. The van der Waals surface area contributed by atoms with Gasteiger partial charge in [-0.2, -0.15) is 5.10 Å². The predicted octanol–water partition coefficient (Wildman–Crippen LogP) is 3.51. The molecule has 3 aromatic rings. The van der Waals surface area contributed by atoms with Crippen molar-refractivity contribution in [2.45, 2.75) is 19.9 Å². The number of amides is 1. The van der Waals surface area contributed by atoms with Gasteiger partial charge in [0.1, 0.15) is 11.6 Å². The number of hydrogen-bond donors (Lipinski definition) is 1. The summed E-state index contributed by atoms with van der Waals surface area (Å²) in [5, 5.41) is 7.21. The second-order valence-electron chi connectivity index (χ2n) is 5.78. The Morgan fingerprint density at radius 1 is 1.23 bits per heavy atom. The summed E-state index contributed by atoms with van der Waals surface area (Å²) in [5.74, 6) is 0.239. The molecule has 6 heteroatoms. The third-order valence-electron chi connectivity index (χ3n) is 4.11.